The van der Waals surface area contributed by atoms with Crippen molar-refractivity contribution in [2.45, 2.75) is 19.8 Å². The number of nitrogens with zero attached hydrogens (tertiary/aromatic N) is 2. The molecule has 1 fully saturated rings. The summed E-state index contributed by atoms with van der Waals surface area (Å²) in [6.07, 6.45) is 0. The Morgan fingerprint density at radius 3 is 2.48 bits per heavy atom. The van der Waals surface area contributed by atoms with Crippen LogP contribution in [0.5, 0.6) is 5.75 Å². The number of rotatable bonds is 6. The molecule has 6 nitrogen and oxygen atoms in total. The molecule has 1 aliphatic rings. The van der Waals surface area contributed by atoms with Gasteiger partial charge >= 0.3 is 6.03 Å². The molecule has 0 aromatic heterocycles. The van der Waals surface area contributed by atoms with Crippen molar-refractivity contribution in [3.8, 4) is 5.75 Å². The van der Waals surface area contributed by atoms with Crippen LogP contribution in [0.25, 0.3) is 0 Å². The molecule has 6 heteroatoms. The number of nitrogens with one attached hydrogen (secondary N) is 1. The molecule has 3 rings (SSSR count). The first-order chi connectivity index (χ1) is 13.0. The summed E-state index contributed by atoms with van der Waals surface area (Å²) in [5.41, 5.74) is 2.67. The fourth-order valence-electron chi connectivity index (χ4n) is 3.13. The molecule has 0 radical (unpaired) electrons. The summed E-state index contributed by atoms with van der Waals surface area (Å²) in [7, 11) is 1.58. The zero-order valence-electron chi connectivity index (χ0n) is 15.9. The van der Waals surface area contributed by atoms with Crippen LogP contribution in [0.2, 0.25) is 0 Å². The maximum Gasteiger partial charge on any atom is 0.325 e. The van der Waals surface area contributed by atoms with Crippen molar-refractivity contribution in [3.63, 3.8) is 0 Å². The zero-order valence-corrected chi connectivity index (χ0v) is 15.9. The first-order valence-electron chi connectivity index (χ1n) is 9.09. The van der Waals surface area contributed by atoms with Crippen LogP contribution >= 0.6 is 0 Å². The number of amides is 3. The third-order valence-electron chi connectivity index (χ3n) is 4.67. The molecule has 1 saturated heterocycles. The van der Waals surface area contributed by atoms with Crippen molar-refractivity contribution in [2.24, 2.45) is 0 Å². The van der Waals surface area contributed by atoms with E-state index >= 15 is 0 Å². The summed E-state index contributed by atoms with van der Waals surface area (Å²) in [5, 5.41) is 2.86. The van der Waals surface area contributed by atoms with E-state index in [0.717, 1.165) is 11.4 Å². The number of ether oxygens (including phenoxy) is 1. The lowest BCUT2D eigenvalue weighted by Crippen LogP contribution is -2.37. The van der Waals surface area contributed by atoms with E-state index in [9.17, 15) is 9.59 Å². The maximum atomic E-state index is 12.7. The molecule has 0 bridgehead atoms. The van der Waals surface area contributed by atoms with E-state index in [1.165, 1.54) is 5.56 Å². The molecule has 2 aromatic carbocycles. The highest BCUT2D eigenvalue weighted by Crippen LogP contribution is 2.30. The number of hydrogen-bond donors (Lipinski definition) is 1. The van der Waals surface area contributed by atoms with Crippen LogP contribution in [0.1, 0.15) is 25.3 Å². The molecule has 1 N–H and O–H groups in total. The Labute approximate surface area is 159 Å². The average molecular weight is 367 g/mol. The van der Waals surface area contributed by atoms with Crippen LogP contribution in [0.3, 0.4) is 0 Å². The SMILES string of the molecule is COc1ccccc1N1CCN(CC(=O)Nc2ccc(C(C)C)cc2)C1=O. The average Bonchev–Trinajstić information content (AvgIpc) is 3.02. The van der Waals surface area contributed by atoms with Gasteiger partial charge in [-0.2, -0.15) is 0 Å². The summed E-state index contributed by atoms with van der Waals surface area (Å²) in [5.74, 6) is 0.878. The second-order valence-electron chi connectivity index (χ2n) is 6.85. The van der Waals surface area contributed by atoms with Gasteiger partial charge in [0, 0.05) is 18.8 Å². The number of para-hydroxylation sites is 2. The highest BCUT2D eigenvalue weighted by molar-refractivity contribution is 6.00. The lowest BCUT2D eigenvalue weighted by molar-refractivity contribution is -0.116. The Bertz CT molecular complexity index is 818. The van der Waals surface area contributed by atoms with Crippen LogP contribution in [-0.2, 0) is 4.79 Å². The molecule has 0 atom stereocenters. The normalized spacial score (nSPS) is 14.0. The maximum absolute atomic E-state index is 12.7. The summed E-state index contributed by atoms with van der Waals surface area (Å²) in [4.78, 5) is 28.2. The van der Waals surface area contributed by atoms with Crippen molar-refractivity contribution in [3.05, 3.63) is 54.1 Å². The second-order valence-corrected chi connectivity index (χ2v) is 6.85. The smallest absolute Gasteiger partial charge is 0.325 e. The van der Waals surface area contributed by atoms with Gasteiger partial charge in [-0.3, -0.25) is 9.69 Å². The number of methoxy groups -OCH3 is 1. The van der Waals surface area contributed by atoms with Gasteiger partial charge in [0.2, 0.25) is 5.91 Å². The molecule has 142 valence electrons. The standard InChI is InChI=1S/C21H25N3O3/c1-15(2)16-8-10-17(11-9-16)22-20(25)14-23-12-13-24(21(23)26)18-6-4-5-7-19(18)27-3/h4-11,15H,12-14H2,1-3H3,(H,22,25). The van der Waals surface area contributed by atoms with Gasteiger partial charge in [-0.15, -0.1) is 0 Å². The number of hydrogen-bond acceptors (Lipinski definition) is 3. The Hall–Kier alpha value is -3.02. The van der Waals surface area contributed by atoms with E-state index < -0.39 is 0 Å². The predicted octanol–water partition coefficient (Wildman–Crippen LogP) is 3.70. The van der Waals surface area contributed by atoms with Gasteiger partial charge in [0.25, 0.3) is 0 Å². The molecular weight excluding hydrogens is 342 g/mol. The molecule has 1 heterocycles. The van der Waals surface area contributed by atoms with Crippen LogP contribution in [0.4, 0.5) is 16.2 Å². The molecule has 27 heavy (non-hydrogen) atoms. The second kappa shape index (κ2) is 8.12. The third kappa shape index (κ3) is 4.22. The Morgan fingerprint density at radius 1 is 1.11 bits per heavy atom. The van der Waals surface area contributed by atoms with Crippen molar-refractivity contribution in [1.29, 1.82) is 0 Å². The fourth-order valence-corrected chi connectivity index (χ4v) is 3.13. The number of carbonyl (C=O) groups excluding carboxylic acids is 2. The summed E-state index contributed by atoms with van der Waals surface area (Å²) in [6.45, 7) is 5.29. The van der Waals surface area contributed by atoms with E-state index in [4.69, 9.17) is 4.74 Å². The first kappa shape index (κ1) is 18.8. The molecule has 3 amide bonds. The summed E-state index contributed by atoms with van der Waals surface area (Å²) in [6, 6.07) is 15.0. The van der Waals surface area contributed by atoms with Crippen molar-refractivity contribution < 1.29 is 14.3 Å². The number of benzene rings is 2. The largest absolute Gasteiger partial charge is 0.495 e. The molecule has 0 saturated carbocycles. The summed E-state index contributed by atoms with van der Waals surface area (Å²) < 4.78 is 5.34. The zero-order chi connectivity index (χ0) is 19.4. The van der Waals surface area contributed by atoms with E-state index in [0.29, 0.717) is 24.8 Å². The fraction of sp³-hybridized carbons (Fsp3) is 0.333. The van der Waals surface area contributed by atoms with E-state index in [-0.39, 0.29) is 18.5 Å². The Morgan fingerprint density at radius 2 is 1.81 bits per heavy atom. The molecule has 1 aliphatic heterocycles. The van der Waals surface area contributed by atoms with Gasteiger partial charge in [-0.05, 0) is 35.7 Å². The van der Waals surface area contributed by atoms with Gasteiger partial charge in [0.05, 0.1) is 12.8 Å². The third-order valence-corrected chi connectivity index (χ3v) is 4.67. The minimum absolute atomic E-state index is 0.0242. The van der Waals surface area contributed by atoms with Gasteiger partial charge in [0.1, 0.15) is 12.3 Å². The van der Waals surface area contributed by atoms with Gasteiger partial charge in [-0.25, -0.2) is 4.79 Å². The highest BCUT2D eigenvalue weighted by Gasteiger charge is 2.32. The van der Waals surface area contributed by atoms with E-state index in [1.807, 2.05) is 48.5 Å². The number of anilines is 2. The van der Waals surface area contributed by atoms with Crippen LogP contribution < -0.4 is 15.0 Å². The Kier molecular flexibility index (Phi) is 5.64. The van der Waals surface area contributed by atoms with E-state index in [2.05, 4.69) is 19.2 Å². The summed E-state index contributed by atoms with van der Waals surface area (Å²) >= 11 is 0. The Balaban J connectivity index is 1.61. The predicted molar refractivity (Wildman–Crippen MR) is 106 cm³/mol. The quantitative estimate of drug-likeness (QED) is 0.847. The topological polar surface area (TPSA) is 61.9 Å². The van der Waals surface area contributed by atoms with Gasteiger partial charge in [0.15, 0.2) is 0 Å². The van der Waals surface area contributed by atoms with Crippen LogP contribution in [0, 0.1) is 0 Å². The number of urea groups is 1. The van der Waals surface area contributed by atoms with Crippen molar-refractivity contribution in [1.82, 2.24) is 4.90 Å². The van der Waals surface area contributed by atoms with Crippen molar-refractivity contribution >= 4 is 23.3 Å². The lowest BCUT2D eigenvalue weighted by Gasteiger charge is -2.20. The van der Waals surface area contributed by atoms with E-state index in [1.54, 1.807) is 16.9 Å². The van der Waals surface area contributed by atoms with Crippen molar-refractivity contribution in [2.75, 3.05) is 37.0 Å². The molecule has 0 unspecified atom stereocenters. The van der Waals surface area contributed by atoms with Gasteiger partial charge < -0.3 is 15.0 Å². The van der Waals surface area contributed by atoms with Gasteiger partial charge in [-0.1, -0.05) is 38.1 Å². The molecule has 2 aromatic rings. The monoisotopic (exact) mass is 367 g/mol. The van der Waals surface area contributed by atoms with Crippen LogP contribution in [0.15, 0.2) is 48.5 Å². The highest BCUT2D eigenvalue weighted by atomic mass is 16.5. The molecular formula is C21H25N3O3. The lowest BCUT2D eigenvalue weighted by atomic mass is 10.0. The minimum Gasteiger partial charge on any atom is -0.495 e. The minimum atomic E-state index is -0.206. The molecule has 0 aliphatic carbocycles. The molecule has 0 spiro atoms. The number of carbonyl (C=O) groups is 2. The van der Waals surface area contributed by atoms with Crippen LogP contribution in [-0.4, -0.2) is 43.6 Å². The first-order valence-corrected chi connectivity index (χ1v) is 9.09.